The molecule has 4 nitrogen and oxygen atoms in total. The van der Waals surface area contributed by atoms with Gasteiger partial charge in [-0.3, -0.25) is 4.79 Å². The average Bonchev–Trinajstić information content (AvgIpc) is 2.86. The monoisotopic (exact) mass is 240 g/mol. The summed E-state index contributed by atoms with van der Waals surface area (Å²) in [5.74, 6) is 0.704. The predicted molar refractivity (Wildman–Crippen MR) is 59.5 cm³/mol. The van der Waals surface area contributed by atoms with E-state index in [0.29, 0.717) is 17.2 Å². The van der Waals surface area contributed by atoms with E-state index in [9.17, 15) is 4.79 Å². The van der Waals surface area contributed by atoms with Gasteiger partial charge in [-0.1, -0.05) is 6.08 Å². The number of hydrogen-bond acceptors (Lipinski definition) is 3. The van der Waals surface area contributed by atoms with Crippen LogP contribution in [-0.2, 0) is 9.53 Å². The molecule has 3 aliphatic rings. The van der Waals surface area contributed by atoms with E-state index in [-0.39, 0.29) is 11.9 Å². The molecule has 2 aliphatic heterocycles. The number of ether oxygens (including phenoxy) is 1. The maximum Gasteiger partial charge on any atom is 0.240 e. The van der Waals surface area contributed by atoms with Crippen LogP contribution in [0.2, 0.25) is 0 Å². The lowest BCUT2D eigenvalue weighted by Crippen LogP contribution is -2.46. The Bertz CT molecular complexity index is 370. The fourth-order valence-corrected chi connectivity index (χ4v) is 2.44. The maximum atomic E-state index is 11.8. The van der Waals surface area contributed by atoms with Crippen LogP contribution in [0.1, 0.15) is 12.8 Å². The molecule has 3 rings (SSSR count). The standard InChI is InChI=1S/C11H13ClN2O2/c12-9-2-1-3-10(16-9)14-11(15)8-5-6-4-7(6)13-8/h1-3,6-8,10,13H,4-5H2,(H,14,15)/t6-,7-,8+,10?/m1/s1. The van der Waals surface area contributed by atoms with Gasteiger partial charge in [0.2, 0.25) is 5.91 Å². The smallest absolute Gasteiger partial charge is 0.240 e. The van der Waals surface area contributed by atoms with Crippen molar-refractivity contribution in [2.45, 2.75) is 31.2 Å². The molecule has 0 spiro atoms. The number of carbonyl (C=O) groups is 1. The third-order valence-electron chi connectivity index (χ3n) is 3.23. The van der Waals surface area contributed by atoms with Crippen molar-refractivity contribution in [1.29, 1.82) is 0 Å². The number of rotatable bonds is 2. The first-order valence-electron chi connectivity index (χ1n) is 5.49. The number of amides is 1. The molecule has 5 heteroatoms. The summed E-state index contributed by atoms with van der Waals surface area (Å²) in [6.45, 7) is 0. The van der Waals surface area contributed by atoms with Crippen molar-refractivity contribution in [2.24, 2.45) is 5.92 Å². The molecule has 0 radical (unpaired) electrons. The van der Waals surface area contributed by atoms with Crippen LogP contribution in [0.15, 0.2) is 23.4 Å². The van der Waals surface area contributed by atoms with E-state index in [1.54, 1.807) is 18.2 Å². The zero-order chi connectivity index (χ0) is 11.1. The lowest BCUT2D eigenvalue weighted by atomic mass is 10.1. The van der Waals surface area contributed by atoms with Crippen molar-refractivity contribution in [1.82, 2.24) is 10.6 Å². The number of hydrogen-bond donors (Lipinski definition) is 2. The summed E-state index contributed by atoms with van der Waals surface area (Å²) >= 11 is 5.71. The van der Waals surface area contributed by atoms with Crippen LogP contribution in [-0.4, -0.2) is 24.2 Å². The molecule has 2 N–H and O–H groups in total. The number of halogens is 1. The van der Waals surface area contributed by atoms with Gasteiger partial charge in [-0.05, 0) is 42.5 Å². The summed E-state index contributed by atoms with van der Waals surface area (Å²) in [7, 11) is 0. The zero-order valence-electron chi connectivity index (χ0n) is 8.65. The van der Waals surface area contributed by atoms with E-state index in [1.165, 1.54) is 6.42 Å². The lowest BCUT2D eigenvalue weighted by Gasteiger charge is -2.21. The minimum atomic E-state index is -0.441. The highest BCUT2D eigenvalue weighted by Gasteiger charge is 2.48. The Morgan fingerprint density at radius 3 is 3.12 bits per heavy atom. The molecule has 2 heterocycles. The molecule has 0 aromatic heterocycles. The Balaban J connectivity index is 1.53. The van der Waals surface area contributed by atoms with E-state index >= 15 is 0 Å². The van der Waals surface area contributed by atoms with E-state index in [2.05, 4.69) is 10.6 Å². The Morgan fingerprint density at radius 1 is 1.56 bits per heavy atom. The highest BCUT2D eigenvalue weighted by molar-refractivity contribution is 6.28. The van der Waals surface area contributed by atoms with Crippen molar-refractivity contribution in [3.05, 3.63) is 23.4 Å². The summed E-state index contributed by atoms with van der Waals surface area (Å²) in [6.07, 6.45) is 6.90. The Labute approximate surface area is 98.7 Å². The van der Waals surface area contributed by atoms with Crippen LogP contribution >= 0.6 is 11.6 Å². The molecule has 1 aliphatic carbocycles. The van der Waals surface area contributed by atoms with Crippen LogP contribution in [0.3, 0.4) is 0 Å². The maximum absolute atomic E-state index is 11.8. The molecule has 2 fully saturated rings. The predicted octanol–water partition coefficient (Wildman–Crippen LogP) is 0.846. The van der Waals surface area contributed by atoms with E-state index in [0.717, 1.165) is 6.42 Å². The van der Waals surface area contributed by atoms with Crippen LogP contribution in [0, 0.1) is 5.92 Å². The normalized spacial score (nSPS) is 39.7. The molecule has 0 aromatic carbocycles. The van der Waals surface area contributed by atoms with Crippen LogP contribution in [0.25, 0.3) is 0 Å². The van der Waals surface area contributed by atoms with Gasteiger partial charge < -0.3 is 15.4 Å². The molecule has 0 bridgehead atoms. The van der Waals surface area contributed by atoms with Gasteiger partial charge in [0.05, 0.1) is 6.04 Å². The first-order valence-corrected chi connectivity index (χ1v) is 5.87. The summed E-state index contributed by atoms with van der Waals surface area (Å²) < 4.78 is 5.23. The van der Waals surface area contributed by atoms with Crippen LogP contribution < -0.4 is 10.6 Å². The molecule has 16 heavy (non-hydrogen) atoms. The first-order chi connectivity index (χ1) is 7.72. The number of fused-ring (bicyclic) bond motifs is 1. The fourth-order valence-electron chi connectivity index (χ4n) is 2.27. The third-order valence-corrected chi connectivity index (χ3v) is 3.45. The molecule has 4 atom stereocenters. The van der Waals surface area contributed by atoms with Crippen molar-refractivity contribution >= 4 is 17.5 Å². The second-order valence-electron chi connectivity index (χ2n) is 4.46. The van der Waals surface area contributed by atoms with Crippen LogP contribution in [0.4, 0.5) is 0 Å². The minimum absolute atomic E-state index is 0.00628. The Hall–Kier alpha value is -1.00. The van der Waals surface area contributed by atoms with Gasteiger partial charge in [0, 0.05) is 6.04 Å². The van der Waals surface area contributed by atoms with Crippen LogP contribution in [0.5, 0.6) is 0 Å². The topological polar surface area (TPSA) is 50.4 Å². The SMILES string of the molecule is O=C(NC1C=CC=C(Cl)O1)[C@@H]1C[C@H]2C[C@H]2N1. The molecular formula is C11H13ClN2O2. The molecule has 0 aromatic rings. The average molecular weight is 241 g/mol. The van der Waals surface area contributed by atoms with Crippen molar-refractivity contribution in [3.63, 3.8) is 0 Å². The van der Waals surface area contributed by atoms with Gasteiger partial charge >= 0.3 is 0 Å². The van der Waals surface area contributed by atoms with E-state index < -0.39 is 6.23 Å². The van der Waals surface area contributed by atoms with Gasteiger partial charge in [-0.2, -0.15) is 0 Å². The molecule has 1 saturated carbocycles. The largest absolute Gasteiger partial charge is 0.456 e. The highest BCUT2D eigenvalue weighted by atomic mass is 35.5. The fraction of sp³-hybridized carbons (Fsp3) is 0.545. The molecule has 1 saturated heterocycles. The summed E-state index contributed by atoms with van der Waals surface area (Å²) in [4.78, 5) is 11.8. The molecule has 86 valence electrons. The van der Waals surface area contributed by atoms with Gasteiger partial charge in [0.1, 0.15) is 0 Å². The minimum Gasteiger partial charge on any atom is -0.456 e. The van der Waals surface area contributed by atoms with E-state index in [1.807, 2.05) is 0 Å². The van der Waals surface area contributed by atoms with E-state index in [4.69, 9.17) is 16.3 Å². The van der Waals surface area contributed by atoms with Crippen molar-refractivity contribution in [2.75, 3.05) is 0 Å². The number of carbonyl (C=O) groups excluding carboxylic acids is 1. The highest BCUT2D eigenvalue weighted by Crippen LogP contribution is 2.40. The van der Waals surface area contributed by atoms with Gasteiger partial charge in [-0.15, -0.1) is 0 Å². The summed E-state index contributed by atoms with van der Waals surface area (Å²) in [5.41, 5.74) is 0. The van der Waals surface area contributed by atoms with Gasteiger partial charge in [0.15, 0.2) is 11.4 Å². The molecular weight excluding hydrogens is 228 g/mol. The molecule has 1 unspecified atom stereocenters. The van der Waals surface area contributed by atoms with Gasteiger partial charge in [0.25, 0.3) is 0 Å². The van der Waals surface area contributed by atoms with Gasteiger partial charge in [-0.25, -0.2) is 0 Å². The second-order valence-corrected chi connectivity index (χ2v) is 4.83. The zero-order valence-corrected chi connectivity index (χ0v) is 9.41. The Kier molecular flexibility index (Phi) is 2.41. The number of nitrogens with one attached hydrogen (secondary N) is 2. The lowest BCUT2D eigenvalue weighted by molar-refractivity contribution is -0.125. The summed E-state index contributed by atoms with van der Waals surface area (Å²) in [6, 6.07) is 0.507. The Morgan fingerprint density at radius 2 is 2.44 bits per heavy atom. The summed E-state index contributed by atoms with van der Waals surface area (Å²) in [5, 5.41) is 6.39. The molecule has 1 amide bonds. The third kappa shape index (κ3) is 1.95. The number of allylic oxidation sites excluding steroid dienone is 2. The van der Waals surface area contributed by atoms with Crippen molar-refractivity contribution < 1.29 is 9.53 Å². The second kappa shape index (κ2) is 3.79. The quantitative estimate of drug-likeness (QED) is 0.752. The first kappa shape index (κ1) is 10.2. The van der Waals surface area contributed by atoms with Crippen molar-refractivity contribution in [3.8, 4) is 0 Å². The number of piperidine rings is 1.